The van der Waals surface area contributed by atoms with Crippen LogP contribution in [-0.4, -0.2) is 43.4 Å². The number of aliphatic hydroxyl groups is 3. The summed E-state index contributed by atoms with van der Waals surface area (Å²) in [6.07, 6.45) is 0. The van der Waals surface area contributed by atoms with E-state index in [2.05, 4.69) is 0 Å². The lowest BCUT2D eigenvalue weighted by Crippen LogP contribution is -2.72. The normalized spacial score (nSPS) is 35.3. The average Bonchev–Trinajstić information content (AvgIpc) is 2.78. The van der Waals surface area contributed by atoms with Crippen molar-refractivity contribution in [3.8, 4) is 5.75 Å². The number of phenols is 1. The van der Waals surface area contributed by atoms with E-state index in [4.69, 9.17) is 0 Å². The fourth-order valence-electron chi connectivity index (χ4n) is 7.96. The van der Waals surface area contributed by atoms with Crippen LogP contribution in [-0.2, 0) is 19.8 Å². The maximum atomic E-state index is 14.5. The number of phenolic OH excluding ortho intramolecular Hbond substituents is 1. The third-order valence-corrected chi connectivity index (χ3v) is 10.3. The number of benzene rings is 1. The predicted octanol–water partition coefficient (Wildman–Crippen LogP) is 5.29. The van der Waals surface area contributed by atoms with Crippen LogP contribution < -0.4 is 0 Å². The molecule has 1 aromatic carbocycles. The van der Waals surface area contributed by atoms with Crippen molar-refractivity contribution in [3.05, 3.63) is 45.7 Å². The number of aromatic hydroxyl groups is 1. The van der Waals surface area contributed by atoms with Crippen LogP contribution in [0.5, 0.6) is 5.75 Å². The third-order valence-electron chi connectivity index (χ3n) is 10.3. The van der Waals surface area contributed by atoms with Gasteiger partial charge in [-0.15, -0.1) is 0 Å². The molecule has 7 heteroatoms. The van der Waals surface area contributed by atoms with Gasteiger partial charge in [0.25, 0.3) is 0 Å². The largest absolute Gasteiger partial charge is 0.508 e. The van der Waals surface area contributed by atoms with Crippen LogP contribution in [0.3, 0.4) is 0 Å². The second-order valence-corrected chi connectivity index (χ2v) is 13.3. The number of rotatable bonds is 2. The van der Waals surface area contributed by atoms with E-state index in [1.807, 2.05) is 53.7 Å². The molecule has 7 nitrogen and oxygen atoms in total. The third kappa shape index (κ3) is 2.97. The molecule has 3 aliphatic carbocycles. The molecule has 3 aliphatic rings. The first-order valence-electron chi connectivity index (χ1n) is 13.3. The number of hydrogen-bond acceptors (Lipinski definition) is 7. The molecule has 0 amide bonds. The van der Waals surface area contributed by atoms with Crippen molar-refractivity contribution in [1.29, 1.82) is 0 Å². The molecule has 38 heavy (non-hydrogen) atoms. The lowest BCUT2D eigenvalue weighted by Gasteiger charge is -2.64. The van der Waals surface area contributed by atoms with Crippen molar-refractivity contribution in [3.63, 3.8) is 0 Å². The van der Waals surface area contributed by atoms with E-state index in [1.54, 1.807) is 20.8 Å². The van der Waals surface area contributed by atoms with Gasteiger partial charge in [0.15, 0.2) is 17.2 Å². The zero-order valence-corrected chi connectivity index (χ0v) is 24.0. The molecule has 0 bridgehead atoms. The highest BCUT2D eigenvalue weighted by atomic mass is 16.3. The summed E-state index contributed by atoms with van der Waals surface area (Å²) in [5.41, 5.74) is -4.99. The summed E-state index contributed by atoms with van der Waals surface area (Å²) in [7, 11) is 0. The molecule has 1 fully saturated rings. The van der Waals surface area contributed by atoms with Gasteiger partial charge in [-0.2, -0.15) is 0 Å². The smallest absolute Gasteiger partial charge is 0.203 e. The number of aliphatic hydroxyl groups excluding tert-OH is 2. The van der Waals surface area contributed by atoms with Gasteiger partial charge < -0.3 is 20.4 Å². The number of allylic oxidation sites excluding steroid dienone is 1. The second-order valence-electron chi connectivity index (χ2n) is 13.3. The molecule has 4 rings (SSSR count). The number of carbonyl (C=O) groups excluding carboxylic acids is 3. The van der Waals surface area contributed by atoms with Gasteiger partial charge in [-0.05, 0) is 35.7 Å². The summed E-state index contributed by atoms with van der Waals surface area (Å²) in [5.74, 6) is -6.20. The van der Waals surface area contributed by atoms with E-state index in [1.165, 1.54) is 0 Å². The van der Waals surface area contributed by atoms with Crippen LogP contribution in [0.1, 0.15) is 91.8 Å². The molecule has 0 heterocycles. The van der Waals surface area contributed by atoms with Gasteiger partial charge in [-0.1, -0.05) is 74.4 Å². The maximum Gasteiger partial charge on any atom is 0.203 e. The molecule has 0 radical (unpaired) electrons. The molecular weight excluding hydrogens is 484 g/mol. The topological polar surface area (TPSA) is 132 Å². The van der Waals surface area contributed by atoms with Gasteiger partial charge in [0.1, 0.15) is 22.8 Å². The molecule has 0 saturated heterocycles. The fraction of sp³-hybridized carbons (Fsp3) is 0.581. The van der Waals surface area contributed by atoms with Crippen molar-refractivity contribution >= 4 is 23.1 Å². The van der Waals surface area contributed by atoms with Gasteiger partial charge >= 0.3 is 0 Å². The molecule has 4 N–H and O–H groups in total. The molecular formula is C31H40O7. The summed E-state index contributed by atoms with van der Waals surface area (Å²) in [4.78, 5) is 40.8. The van der Waals surface area contributed by atoms with Crippen LogP contribution in [0.15, 0.2) is 29.0 Å². The quantitative estimate of drug-likeness (QED) is 0.386. The fourth-order valence-corrected chi connectivity index (χ4v) is 7.96. The van der Waals surface area contributed by atoms with Crippen molar-refractivity contribution in [2.45, 2.75) is 86.2 Å². The Morgan fingerprint density at radius 3 is 2.05 bits per heavy atom. The minimum Gasteiger partial charge on any atom is -0.508 e. The number of hydrogen-bond donors (Lipinski definition) is 4. The van der Waals surface area contributed by atoms with Crippen LogP contribution in [0.4, 0.5) is 0 Å². The minimum absolute atomic E-state index is 0.113. The van der Waals surface area contributed by atoms with Crippen molar-refractivity contribution in [2.24, 2.45) is 28.6 Å². The summed E-state index contributed by atoms with van der Waals surface area (Å²) in [6.45, 7) is 17.7. The summed E-state index contributed by atoms with van der Waals surface area (Å²) >= 11 is 0. The lowest BCUT2D eigenvalue weighted by molar-refractivity contribution is -0.195. The first-order valence-corrected chi connectivity index (χ1v) is 13.3. The first kappa shape index (κ1) is 28.1. The van der Waals surface area contributed by atoms with E-state index in [0.717, 1.165) is 6.92 Å². The van der Waals surface area contributed by atoms with E-state index in [0.29, 0.717) is 11.1 Å². The van der Waals surface area contributed by atoms with Gasteiger partial charge in [0, 0.05) is 27.9 Å². The Bertz CT molecular complexity index is 1360. The molecule has 1 unspecified atom stereocenters. The summed E-state index contributed by atoms with van der Waals surface area (Å²) in [6, 6.07) is 3.69. The predicted molar refractivity (Wildman–Crippen MR) is 144 cm³/mol. The highest BCUT2D eigenvalue weighted by Crippen LogP contribution is 2.70. The van der Waals surface area contributed by atoms with Gasteiger partial charge in [0.2, 0.25) is 5.78 Å². The maximum absolute atomic E-state index is 14.5. The monoisotopic (exact) mass is 524 g/mol. The van der Waals surface area contributed by atoms with Crippen molar-refractivity contribution in [1.82, 2.24) is 0 Å². The number of fused-ring (bicyclic) bond motifs is 3. The van der Waals surface area contributed by atoms with Crippen LogP contribution in [0, 0.1) is 28.6 Å². The molecule has 1 saturated carbocycles. The molecule has 0 aliphatic heterocycles. The number of Topliss-reactive ketones (excluding diaryl/α,β-unsaturated/α-hetero) is 3. The van der Waals surface area contributed by atoms with Crippen molar-refractivity contribution in [2.75, 3.05) is 0 Å². The average molecular weight is 525 g/mol. The SMILES string of the molecule is CC(=O)C1=C(O)[C@]2(O)C(=O)C3=C(O)c4c(ccc(C(C)(C)C)c4O)[C@@H](C)[C@]3(C)[C@@H](C)[C@]2(C)C(C(C)C)C1=O. The van der Waals surface area contributed by atoms with Gasteiger partial charge in [-0.3, -0.25) is 14.4 Å². The zero-order valence-electron chi connectivity index (χ0n) is 24.0. The highest BCUT2D eigenvalue weighted by Gasteiger charge is 2.75. The van der Waals surface area contributed by atoms with Crippen LogP contribution in [0.2, 0.25) is 0 Å². The van der Waals surface area contributed by atoms with E-state index < -0.39 is 74.0 Å². The van der Waals surface area contributed by atoms with Crippen molar-refractivity contribution < 1.29 is 34.8 Å². The Morgan fingerprint density at radius 2 is 1.58 bits per heavy atom. The summed E-state index contributed by atoms with van der Waals surface area (Å²) < 4.78 is 0. The minimum atomic E-state index is -2.63. The Balaban J connectivity index is 2.17. The molecule has 1 aromatic rings. The molecule has 0 spiro atoms. The first-order chi connectivity index (χ1) is 17.2. The molecule has 0 aromatic heterocycles. The Kier molecular flexibility index (Phi) is 5.94. The Labute approximate surface area is 224 Å². The Morgan fingerprint density at radius 1 is 1.03 bits per heavy atom. The van der Waals surface area contributed by atoms with E-state index >= 15 is 0 Å². The number of ketones is 3. The Hall–Kier alpha value is -2.93. The van der Waals surface area contributed by atoms with Crippen LogP contribution >= 0.6 is 0 Å². The summed E-state index contributed by atoms with van der Waals surface area (Å²) in [5, 5.41) is 46.7. The zero-order chi connectivity index (χ0) is 29.1. The highest BCUT2D eigenvalue weighted by molar-refractivity contribution is 6.24. The van der Waals surface area contributed by atoms with E-state index in [-0.39, 0.29) is 22.8 Å². The lowest BCUT2D eigenvalue weighted by atomic mass is 9.38. The number of carbonyl (C=O) groups is 3. The molecule has 6 atom stereocenters. The van der Waals surface area contributed by atoms with E-state index in [9.17, 15) is 34.8 Å². The standard InChI is InChI=1S/C31H40O7/c1-13(2)21-24(34)19(15(4)32)26(36)31(38)27(37)22-25(35)20-17(11-12-18(23(20)33)28(6,7)8)14(3)29(22,9)16(5)30(21,31)10/h11-14,16,21,33,35-36,38H,1-10H3/t14-,16-,21?,29-,30-,31+/m1/s1. The van der Waals surface area contributed by atoms with Crippen LogP contribution in [0.25, 0.3) is 5.76 Å². The molecule has 206 valence electrons. The van der Waals surface area contributed by atoms with Gasteiger partial charge in [-0.25, -0.2) is 0 Å². The second kappa shape index (κ2) is 8.04. The van der Waals surface area contributed by atoms with Gasteiger partial charge in [0.05, 0.1) is 5.56 Å².